The largest absolute Gasteiger partial charge is 0.360 e. The van der Waals surface area contributed by atoms with Crippen molar-refractivity contribution >= 4 is 35.1 Å². The normalized spacial score (nSPS) is 10.7. The predicted molar refractivity (Wildman–Crippen MR) is 101 cm³/mol. The molecule has 1 aromatic heterocycles. The molecule has 136 valence electrons. The number of aromatic nitrogens is 2. The molecule has 0 aliphatic carbocycles. The number of halogens is 1. The standard InChI is InChI=1S/C16H28ClN5OS/c1-3-10-22(2)14-11-13(17)20-16(21-14)24-12-15(23)19-9-7-5-4-6-8-18/h11H,3-10,12,18H2,1-2H3,(H,19,23)/p+1. The molecule has 0 spiro atoms. The number of unbranched alkanes of at least 4 members (excludes halogenated alkanes) is 3. The van der Waals surface area contributed by atoms with Gasteiger partial charge in [-0.2, -0.15) is 0 Å². The maximum Gasteiger partial charge on any atom is 0.230 e. The van der Waals surface area contributed by atoms with E-state index in [4.69, 9.17) is 11.6 Å². The number of carbonyl (C=O) groups excluding carboxylic acids is 1. The summed E-state index contributed by atoms with van der Waals surface area (Å²) in [6.45, 7) is 4.71. The molecule has 8 heteroatoms. The van der Waals surface area contributed by atoms with Gasteiger partial charge >= 0.3 is 0 Å². The summed E-state index contributed by atoms with van der Waals surface area (Å²) in [7, 11) is 1.97. The molecule has 6 nitrogen and oxygen atoms in total. The van der Waals surface area contributed by atoms with Crippen molar-refractivity contribution in [3.63, 3.8) is 0 Å². The molecular weight excluding hydrogens is 346 g/mol. The highest BCUT2D eigenvalue weighted by molar-refractivity contribution is 7.99. The SMILES string of the molecule is CCCN(C)c1cc(Cl)nc(SCC(=O)NCCCCCC[NH3+])n1. The van der Waals surface area contributed by atoms with Crippen LogP contribution in [0.15, 0.2) is 11.2 Å². The third-order valence-electron chi connectivity index (χ3n) is 3.44. The van der Waals surface area contributed by atoms with Gasteiger partial charge in [0.05, 0.1) is 12.3 Å². The number of quaternary nitrogens is 1. The Morgan fingerprint density at radius 2 is 2.08 bits per heavy atom. The summed E-state index contributed by atoms with van der Waals surface area (Å²) in [5.41, 5.74) is 3.82. The molecule has 1 rings (SSSR count). The van der Waals surface area contributed by atoms with Crippen LogP contribution in [-0.2, 0) is 4.79 Å². The molecule has 0 saturated carbocycles. The molecule has 0 aliphatic rings. The number of rotatable bonds is 12. The summed E-state index contributed by atoms with van der Waals surface area (Å²) in [4.78, 5) is 22.5. The van der Waals surface area contributed by atoms with E-state index < -0.39 is 0 Å². The van der Waals surface area contributed by atoms with E-state index in [9.17, 15) is 4.79 Å². The number of nitrogens with zero attached hydrogens (tertiary/aromatic N) is 3. The van der Waals surface area contributed by atoms with Crippen molar-refractivity contribution in [3.8, 4) is 0 Å². The van der Waals surface area contributed by atoms with Crippen LogP contribution in [0, 0.1) is 0 Å². The van der Waals surface area contributed by atoms with E-state index in [2.05, 4.69) is 27.9 Å². The van der Waals surface area contributed by atoms with E-state index in [-0.39, 0.29) is 5.91 Å². The fourth-order valence-corrected chi connectivity index (χ4v) is 3.07. The lowest BCUT2D eigenvalue weighted by Gasteiger charge is -2.17. The number of carbonyl (C=O) groups is 1. The van der Waals surface area contributed by atoms with Gasteiger partial charge in [-0.25, -0.2) is 9.97 Å². The average molecular weight is 375 g/mol. The Balaban J connectivity index is 2.36. The van der Waals surface area contributed by atoms with Gasteiger partial charge < -0.3 is 16.0 Å². The van der Waals surface area contributed by atoms with Crippen LogP contribution in [0.2, 0.25) is 5.15 Å². The Morgan fingerprint density at radius 3 is 2.79 bits per heavy atom. The second kappa shape index (κ2) is 12.3. The Bertz CT molecular complexity index is 503. The zero-order chi connectivity index (χ0) is 17.8. The molecule has 0 atom stereocenters. The van der Waals surface area contributed by atoms with E-state index >= 15 is 0 Å². The number of nitrogens with one attached hydrogen (secondary N) is 1. The first-order valence-electron chi connectivity index (χ1n) is 8.51. The molecule has 0 radical (unpaired) electrons. The molecule has 0 saturated heterocycles. The van der Waals surface area contributed by atoms with Gasteiger partial charge in [-0.15, -0.1) is 0 Å². The molecule has 0 bridgehead atoms. The first-order valence-corrected chi connectivity index (χ1v) is 9.87. The Kier molecular flexibility index (Phi) is 10.8. The van der Waals surface area contributed by atoms with E-state index in [1.807, 2.05) is 11.9 Å². The van der Waals surface area contributed by atoms with Crippen molar-refractivity contribution in [2.75, 3.05) is 37.3 Å². The van der Waals surface area contributed by atoms with Crippen LogP contribution in [0.3, 0.4) is 0 Å². The maximum absolute atomic E-state index is 11.9. The predicted octanol–water partition coefficient (Wildman–Crippen LogP) is 1.99. The second-order valence-corrected chi connectivity index (χ2v) is 6.99. The summed E-state index contributed by atoms with van der Waals surface area (Å²) < 4.78 is 0. The van der Waals surface area contributed by atoms with Crippen LogP contribution < -0.4 is 16.0 Å². The van der Waals surface area contributed by atoms with Crippen LogP contribution in [0.25, 0.3) is 0 Å². The highest BCUT2D eigenvalue weighted by Gasteiger charge is 2.09. The highest BCUT2D eigenvalue weighted by Crippen LogP contribution is 2.21. The average Bonchev–Trinajstić information content (AvgIpc) is 2.56. The Hall–Kier alpha value is -1.05. The monoisotopic (exact) mass is 374 g/mol. The minimum absolute atomic E-state index is 0.00389. The molecule has 4 N–H and O–H groups in total. The van der Waals surface area contributed by atoms with Gasteiger partial charge in [0.1, 0.15) is 11.0 Å². The number of amides is 1. The lowest BCUT2D eigenvalue weighted by molar-refractivity contribution is -0.368. The lowest BCUT2D eigenvalue weighted by Crippen LogP contribution is -2.50. The van der Waals surface area contributed by atoms with Crippen LogP contribution >= 0.6 is 23.4 Å². The van der Waals surface area contributed by atoms with E-state index in [0.29, 0.717) is 16.1 Å². The molecule has 0 aromatic carbocycles. The number of hydrogen-bond donors (Lipinski definition) is 2. The zero-order valence-corrected chi connectivity index (χ0v) is 16.3. The molecule has 1 amide bonds. The van der Waals surface area contributed by atoms with Gasteiger partial charge in [-0.1, -0.05) is 36.7 Å². The molecule has 1 aromatic rings. The molecule has 0 unspecified atom stereocenters. The first kappa shape index (κ1) is 21.0. The summed E-state index contributed by atoms with van der Waals surface area (Å²) in [5.74, 6) is 1.09. The van der Waals surface area contributed by atoms with Crippen LogP contribution in [-0.4, -0.2) is 48.3 Å². The number of thioether (sulfide) groups is 1. The van der Waals surface area contributed by atoms with E-state index in [1.165, 1.54) is 18.2 Å². The summed E-state index contributed by atoms with van der Waals surface area (Å²) in [6, 6.07) is 1.74. The van der Waals surface area contributed by atoms with Gasteiger partial charge in [-0.05, 0) is 25.7 Å². The van der Waals surface area contributed by atoms with Crippen LogP contribution in [0.5, 0.6) is 0 Å². The molecule has 0 fully saturated rings. The first-order chi connectivity index (χ1) is 11.6. The van der Waals surface area contributed by atoms with Gasteiger partial charge in [0, 0.05) is 26.2 Å². The molecule has 24 heavy (non-hydrogen) atoms. The van der Waals surface area contributed by atoms with Crippen molar-refractivity contribution in [2.45, 2.75) is 44.2 Å². The number of anilines is 1. The minimum Gasteiger partial charge on any atom is -0.360 e. The lowest BCUT2D eigenvalue weighted by atomic mass is 10.2. The molecular formula is C16H29ClN5OS+. The molecule has 0 aliphatic heterocycles. The Labute approximate surface area is 153 Å². The quantitative estimate of drug-likeness (QED) is 0.253. The second-order valence-electron chi connectivity index (χ2n) is 5.66. The van der Waals surface area contributed by atoms with Crippen molar-refractivity contribution in [1.29, 1.82) is 0 Å². The Morgan fingerprint density at radius 1 is 1.33 bits per heavy atom. The van der Waals surface area contributed by atoms with Crippen molar-refractivity contribution in [2.24, 2.45) is 0 Å². The van der Waals surface area contributed by atoms with E-state index in [1.54, 1.807) is 6.07 Å². The smallest absolute Gasteiger partial charge is 0.230 e. The summed E-state index contributed by atoms with van der Waals surface area (Å²) >= 11 is 7.37. The molecule has 1 heterocycles. The highest BCUT2D eigenvalue weighted by atomic mass is 35.5. The van der Waals surface area contributed by atoms with Gasteiger partial charge in [-0.3, -0.25) is 4.79 Å². The fraction of sp³-hybridized carbons (Fsp3) is 0.688. The third kappa shape index (κ3) is 8.70. The zero-order valence-electron chi connectivity index (χ0n) is 14.7. The van der Waals surface area contributed by atoms with Gasteiger partial charge in [0.25, 0.3) is 0 Å². The topological polar surface area (TPSA) is 85.8 Å². The summed E-state index contributed by atoms with van der Waals surface area (Å²) in [6.07, 6.45) is 5.50. The van der Waals surface area contributed by atoms with Crippen LogP contribution in [0.1, 0.15) is 39.0 Å². The summed E-state index contributed by atoms with van der Waals surface area (Å²) in [5, 5.41) is 3.86. The van der Waals surface area contributed by atoms with Crippen molar-refractivity contribution in [1.82, 2.24) is 15.3 Å². The fourth-order valence-electron chi connectivity index (χ4n) is 2.16. The van der Waals surface area contributed by atoms with Gasteiger partial charge in [0.2, 0.25) is 5.91 Å². The van der Waals surface area contributed by atoms with Gasteiger partial charge in [0.15, 0.2) is 5.16 Å². The third-order valence-corrected chi connectivity index (χ3v) is 4.48. The van der Waals surface area contributed by atoms with Crippen molar-refractivity contribution in [3.05, 3.63) is 11.2 Å². The minimum atomic E-state index is 0.00389. The maximum atomic E-state index is 11.9. The number of hydrogen-bond acceptors (Lipinski definition) is 5. The van der Waals surface area contributed by atoms with E-state index in [0.717, 1.165) is 51.1 Å². The van der Waals surface area contributed by atoms with Crippen molar-refractivity contribution < 1.29 is 10.5 Å². The van der Waals surface area contributed by atoms with Crippen LogP contribution in [0.4, 0.5) is 5.82 Å².